The summed E-state index contributed by atoms with van der Waals surface area (Å²) in [5.74, 6) is 0.625. The van der Waals surface area contributed by atoms with E-state index in [4.69, 9.17) is 4.74 Å². The highest BCUT2D eigenvalue weighted by Crippen LogP contribution is 2.26. The Morgan fingerprint density at radius 3 is 2.32 bits per heavy atom. The van der Waals surface area contributed by atoms with Crippen molar-refractivity contribution in [1.82, 2.24) is 5.32 Å². The Bertz CT molecular complexity index is 881. The zero-order chi connectivity index (χ0) is 19.8. The largest absolute Gasteiger partial charge is 0.486 e. The van der Waals surface area contributed by atoms with Crippen LogP contribution in [0.5, 0.6) is 5.75 Å². The summed E-state index contributed by atoms with van der Waals surface area (Å²) >= 11 is 0. The molecule has 3 aromatic carbocycles. The molecular weight excluding hydrogens is 348 g/mol. The number of ether oxygens (including phenoxy) is 1. The third kappa shape index (κ3) is 4.99. The van der Waals surface area contributed by atoms with Gasteiger partial charge in [0.15, 0.2) is 0 Å². The van der Waals surface area contributed by atoms with Gasteiger partial charge in [0.2, 0.25) is 0 Å². The van der Waals surface area contributed by atoms with Gasteiger partial charge in [-0.25, -0.2) is 0 Å². The molecule has 0 aliphatic heterocycles. The first-order valence-electron chi connectivity index (χ1n) is 9.48. The van der Waals surface area contributed by atoms with Crippen LogP contribution in [0.4, 0.5) is 5.69 Å². The fraction of sp³-hybridized carbons (Fsp3) is 0.208. The van der Waals surface area contributed by atoms with Crippen LogP contribution in [0.25, 0.3) is 0 Å². The summed E-state index contributed by atoms with van der Waals surface area (Å²) in [5.41, 5.74) is 2.58. The minimum Gasteiger partial charge on any atom is -0.486 e. The summed E-state index contributed by atoms with van der Waals surface area (Å²) < 4.78 is 6.27. The minimum absolute atomic E-state index is 0.0665. The molecule has 0 spiro atoms. The fourth-order valence-corrected chi connectivity index (χ4v) is 3.07. The van der Waals surface area contributed by atoms with E-state index >= 15 is 0 Å². The van der Waals surface area contributed by atoms with Crippen molar-refractivity contribution in [3.8, 4) is 5.75 Å². The number of hydrogen-bond donors (Lipinski definition) is 1. The monoisotopic (exact) mass is 374 g/mol. The molecule has 1 N–H and O–H groups in total. The standard InChI is InChI=1S/C24H26N2O2/c1-25-17-16-23(19-10-5-3-6-11-19)28-22-15-9-12-20(18-22)24(27)26(2)21-13-7-4-8-14-21/h3-15,18,23,25H,16-17H2,1-2H3. The van der Waals surface area contributed by atoms with Gasteiger partial charge in [-0.3, -0.25) is 4.79 Å². The highest BCUT2D eigenvalue weighted by Gasteiger charge is 2.16. The van der Waals surface area contributed by atoms with E-state index in [1.807, 2.05) is 79.8 Å². The lowest BCUT2D eigenvalue weighted by Gasteiger charge is -2.21. The Kier molecular flexibility index (Phi) is 6.82. The lowest BCUT2D eigenvalue weighted by molar-refractivity contribution is 0.0992. The van der Waals surface area contributed by atoms with Crippen LogP contribution in [0.3, 0.4) is 0 Å². The Labute approximate surface area is 166 Å². The molecule has 4 nitrogen and oxygen atoms in total. The maximum absolute atomic E-state index is 12.9. The third-order valence-corrected chi connectivity index (χ3v) is 4.64. The van der Waals surface area contributed by atoms with Gasteiger partial charge >= 0.3 is 0 Å². The number of rotatable bonds is 8. The summed E-state index contributed by atoms with van der Waals surface area (Å²) in [4.78, 5) is 14.5. The fourth-order valence-electron chi connectivity index (χ4n) is 3.07. The molecule has 144 valence electrons. The lowest BCUT2D eigenvalue weighted by atomic mass is 10.1. The topological polar surface area (TPSA) is 41.6 Å². The molecule has 3 rings (SSSR count). The van der Waals surface area contributed by atoms with Crippen LogP contribution in [0.1, 0.15) is 28.4 Å². The van der Waals surface area contributed by atoms with Crippen LogP contribution in [-0.4, -0.2) is 26.5 Å². The zero-order valence-corrected chi connectivity index (χ0v) is 16.3. The van der Waals surface area contributed by atoms with Crippen molar-refractivity contribution < 1.29 is 9.53 Å². The summed E-state index contributed by atoms with van der Waals surface area (Å²) in [7, 11) is 3.71. The van der Waals surface area contributed by atoms with Gasteiger partial charge in [0.25, 0.3) is 5.91 Å². The molecule has 1 amide bonds. The van der Waals surface area contributed by atoms with E-state index in [1.54, 1.807) is 11.9 Å². The number of nitrogens with one attached hydrogen (secondary N) is 1. The van der Waals surface area contributed by atoms with E-state index in [-0.39, 0.29) is 12.0 Å². The van der Waals surface area contributed by atoms with Crippen molar-refractivity contribution in [2.75, 3.05) is 25.5 Å². The molecular formula is C24H26N2O2. The normalized spacial score (nSPS) is 11.6. The van der Waals surface area contributed by atoms with Gasteiger partial charge in [0, 0.05) is 24.7 Å². The number of carbonyl (C=O) groups is 1. The number of hydrogen-bond acceptors (Lipinski definition) is 3. The highest BCUT2D eigenvalue weighted by molar-refractivity contribution is 6.05. The maximum Gasteiger partial charge on any atom is 0.258 e. The average Bonchev–Trinajstić information content (AvgIpc) is 2.77. The molecule has 0 radical (unpaired) electrons. The number of nitrogens with zero attached hydrogens (tertiary/aromatic N) is 1. The second-order valence-electron chi connectivity index (χ2n) is 6.64. The van der Waals surface area contributed by atoms with Gasteiger partial charge in [0.1, 0.15) is 11.9 Å². The average molecular weight is 374 g/mol. The molecule has 1 atom stereocenters. The lowest BCUT2D eigenvalue weighted by Crippen LogP contribution is -2.26. The molecule has 0 aliphatic carbocycles. The molecule has 0 aromatic heterocycles. The van der Waals surface area contributed by atoms with Crippen molar-refractivity contribution in [3.63, 3.8) is 0 Å². The number of carbonyl (C=O) groups excluding carboxylic acids is 1. The van der Waals surface area contributed by atoms with Crippen LogP contribution < -0.4 is 15.0 Å². The molecule has 3 aromatic rings. The van der Waals surface area contributed by atoms with Gasteiger partial charge < -0.3 is 15.0 Å². The van der Waals surface area contributed by atoms with E-state index in [9.17, 15) is 4.79 Å². The summed E-state index contributed by atoms with van der Waals surface area (Å²) in [5, 5.41) is 3.18. The van der Waals surface area contributed by atoms with Gasteiger partial charge in [-0.1, -0.05) is 54.6 Å². The van der Waals surface area contributed by atoms with Crippen molar-refractivity contribution in [2.45, 2.75) is 12.5 Å². The Balaban J connectivity index is 1.78. The maximum atomic E-state index is 12.9. The van der Waals surface area contributed by atoms with E-state index in [2.05, 4.69) is 17.4 Å². The molecule has 0 fully saturated rings. The second kappa shape index (κ2) is 9.72. The second-order valence-corrected chi connectivity index (χ2v) is 6.64. The first-order chi connectivity index (χ1) is 13.7. The first-order valence-corrected chi connectivity index (χ1v) is 9.48. The molecule has 4 heteroatoms. The number of amides is 1. The summed E-state index contributed by atoms with van der Waals surface area (Å²) in [6, 6.07) is 27.2. The van der Waals surface area contributed by atoms with Crippen molar-refractivity contribution in [2.24, 2.45) is 0 Å². The van der Waals surface area contributed by atoms with Crippen molar-refractivity contribution in [3.05, 3.63) is 96.1 Å². The van der Waals surface area contributed by atoms with Crippen LogP contribution in [0.15, 0.2) is 84.9 Å². The minimum atomic E-state index is -0.0779. The molecule has 0 bridgehead atoms. The summed E-state index contributed by atoms with van der Waals surface area (Å²) in [6.45, 7) is 0.842. The molecule has 1 unspecified atom stereocenters. The smallest absolute Gasteiger partial charge is 0.258 e. The predicted molar refractivity (Wildman–Crippen MR) is 114 cm³/mol. The Morgan fingerprint density at radius 2 is 1.64 bits per heavy atom. The van der Waals surface area contributed by atoms with Crippen molar-refractivity contribution >= 4 is 11.6 Å². The van der Waals surface area contributed by atoms with Crippen LogP contribution in [0, 0.1) is 0 Å². The number of anilines is 1. The molecule has 0 heterocycles. The van der Waals surface area contributed by atoms with E-state index in [1.165, 1.54) is 0 Å². The van der Waals surface area contributed by atoms with Gasteiger partial charge in [-0.05, 0) is 49.5 Å². The molecule has 0 saturated heterocycles. The van der Waals surface area contributed by atoms with E-state index in [0.29, 0.717) is 11.3 Å². The predicted octanol–water partition coefficient (Wildman–Crippen LogP) is 4.69. The molecule has 0 aliphatic rings. The zero-order valence-electron chi connectivity index (χ0n) is 16.3. The summed E-state index contributed by atoms with van der Waals surface area (Å²) in [6.07, 6.45) is 0.758. The Morgan fingerprint density at radius 1 is 0.964 bits per heavy atom. The van der Waals surface area contributed by atoms with Crippen LogP contribution in [-0.2, 0) is 0 Å². The highest BCUT2D eigenvalue weighted by atomic mass is 16.5. The van der Waals surface area contributed by atoms with Crippen molar-refractivity contribution in [1.29, 1.82) is 0 Å². The van der Waals surface area contributed by atoms with Gasteiger partial charge in [0.05, 0.1) is 0 Å². The first kappa shape index (κ1) is 19.6. The Hall–Kier alpha value is -3.11. The van der Waals surface area contributed by atoms with Gasteiger partial charge in [-0.2, -0.15) is 0 Å². The van der Waals surface area contributed by atoms with E-state index in [0.717, 1.165) is 24.2 Å². The third-order valence-electron chi connectivity index (χ3n) is 4.64. The van der Waals surface area contributed by atoms with Crippen LogP contribution in [0.2, 0.25) is 0 Å². The molecule has 28 heavy (non-hydrogen) atoms. The van der Waals surface area contributed by atoms with Crippen LogP contribution >= 0.6 is 0 Å². The SMILES string of the molecule is CNCCC(Oc1cccc(C(=O)N(C)c2ccccc2)c1)c1ccccc1. The van der Waals surface area contributed by atoms with E-state index < -0.39 is 0 Å². The molecule has 0 saturated carbocycles. The quantitative estimate of drug-likeness (QED) is 0.622. The number of benzene rings is 3. The van der Waals surface area contributed by atoms with Gasteiger partial charge in [-0.15, -0.1) is 0 Å². The number of para-hydroxylation sites is 1.